The summed E-state index contributed by atoms with van der Waals surface area (Å²) in [5.74, 6) is 0.0948. The second-order valence-corrected chi connectivity index (χ2v) is 5.30. The molecule has 1 aromatic rings. The number of carbonyl (C=O) groups is 1. The van der Waals surface area contributed by atoms with Gasteiger partial charge in [0.2, 0.25) is 0 Å². The van der Waals surface area contributed by atoms with Crippen LogP contribution in [-0.4, -0.2) is 23.4 Å². The third-order valence-electron chi connectivity index (χ3n) is 2.76. The van der Waals surface area contributed by atoms with Crippen molar-refractivity contribution >= 4 is 5.91 Å². The molecule has 2 rings (SSSR count). The number of nitrogens with one attached hydrogen (secondary N) is 1. The zero-order chi connectivity index (χ0) is 11.9. The Morgan fingerprint density at radius 3 is 2.50 bits per heavy atom. The quantitative estimate of drug-likeness (QED) is 0.783. The summed E-state index contributed by atoms with van der Waals surface area (Å²) in [6, 6.07) is 7.78. The first kappa shape index (κ1) is 11.1. The summed E-state index contributed by atoms with van der Waals surface area (Å²) in [5.41, 5.74) is 1.87. The van der Waals surface area contributed by atoms with Crippen molar-refractivity contribution in [3.63, 3.8) is 0 Å². The molecule has 0 saturated carbocycles. The molecule has 0 spiro atoms. The molecule has 1 aliphatic heterocycles. The molecular weight excluding hydrogens is 200 g/mol. The molecule has 0 saturated heterocycles. The van der Waals surface area contributed by atoms with Crippen molar-refractivity contribution in [2.75, 3.05) is 7.05 Å². The predicted molar refractivity (Wildman–Crippen MR) is 64.2 cm³/mol. The minimum Gasteiger partial charge on any atom is -0.322 e. The molecule has 1 aromatic carbocycles. The lowest BCUT2D eigenvalue weighted by atomic mass is 10.0. The molecule has 1 amide bonds. The highest BCUT2D eigenvalue weighted by molar-refractivity contribution is 5.98. The van der Waals surface area contributed by atoms with Crippen molar-refractivity contribution in [3.05, 3.63) is 35.4 Å². The van der Waals surface area contributed by atoms with E-state index in [1.54, 1.807) is 4.90 Å². The van der Waals surface area contributed by atoms with Crippen LogP contribution in [0, 0.1) is 0 Å². The van der Waals surface area contributed by atoms with E-state index >= 15 is 0 Å². The number of carbonyl (C=O) groups excluding carboxylic acids is 1. The highest BCUT2D eigenvalue weighted by Gasteiger charge is 2.35. The molecule has 0 aliphatic carbocycles. The van der Waals surface area contributed by atoms with E-state index in [9.17, 15) is 4.79 Å². The van der Waals surface area contributed by atoms with Crippen molar-refractivity contribution in [1.29, 1.82) is 0 Å². The van der Waals surface area contributed by atoms with Gasteiger partial charge in [0.15, 0.2) is 0 Å². The minimum atomic E-state index is -0.0172. The fourth-order valence-corrected chi connectivity index (χ4v) is 2.03. The summed E-state index contributed by atoms with van der Waals surface area (Å²) in [7, 11) is 1.84. The van der Waals surface area contributed by atoms with Crippen LogP contribution >= 0.6 is 0 Å². The molecule has 0 aromatic heterocycles. The first-order valence-corrected chi connectivity index (χ1v) is 5.54. The standard InChI is InChI=1S/C13H18N2O/c1-13(2,3)14-11-9-7-5-6-8-10(9)12(16)15(11)4/h5-8,11,14H,1-4H3. The SMILES string of the molecule is CN1C(=O)c2ccccc2C1NC(C)(C)C. The number of hydrogen-bond donors (Lipinski definition) is 1. The van der Waals surface area contributed by atoms with Crippen molar-refractivity contribution in [3.8, 4) is 0 Å². The number of fused-ring (bicyclic) bond motifs is 1. The van der Waals surface area contributed by atoms with Gasteiger partial charge in [-0.1, -0.05) is 18.2 Å². The Kier molecular flexibility index (Phi) is 2.50. The number of nitrogens with zero attached hydrogens (tertiary/aromatic N) is 1. The van der Waals surface area contributed by atoms with E-state index in [0.29, 0.717) is 0 Å². The average Bonchev–Trinajstić information content (AvgIpc) is 2.43. The summed E-state index contributed by atoms with van der Waals surface area (Å²) < 4.78 is 0. The normalized spacial score (nSPS) is 20.1. The van der Waals surface area contributed by atoms with E-state index < -0.39 is 0 Å². The van der Waals surface area contributed by atoms with Crippen LogP contribution in [0.1, 0.15) is 42.9 Å². The third kappa shape index (κ3) is 1.83. The van der Waals surface area contributed by atoms with Gasteiger partial charge < -0.3 is 4.90 Å². The smallest absolute Gasteiger partial charge is 0.255 e. The lowest BCUT2D eigenvalue weighted by molar-refractivity contribution is 0.0727. The Morgan fingerprint density at radius 1 is 1.25 bits per heavy atom. The average molecular weight is 218 g/mol. The van der Waals surface area contributed by atoms with Gasteiger partial charge in [-0.2, -0.15) is 0 Å². The van der Waals surface area contributed by atoms with Gasteiger partial charge in [-0.05, 0) is 26.8 Å². The molecule has 16 heavy (non-hydrogen) atoms. The van der Waals surface area contributed by atoms with Crippen LogP contribution in [0.5, 0.6) is 0 Å². The topological polar surface area (TPSA) is 32.3 Å². The summed E-state index contributed by atoms with van der Waals surface area (Å²) in [6.45, 7) is 6.31. The van der Waals surface area contributed by atoms with Gasteiger partial charge in [-0.25, -0.2) is 0 Å². The van der Waals surface area contributed by atoms with Crippen LogP contribution in [0.2, 0.25) is 0 Å². The fourth-order valence-electron chi connectivity index (χ4n) is 2.03. The van der Waals surface area contributed by atoms with Gasteiger partial charge in [0.25, 0.3) is 5.91 Å². The van der Waals surface area contributed by atoms with Gasteiger partial charge >= 0.3 is 0 Å². The van der Waals surface area contributed by atoms with E-state index in [4.69, 9.17) is 0 Å². The highest BCUT2D eigenvalue weighted by Crippen LogP contribution is 2.31. The molecule has 1 aliphatic rings. The number of hydrogen-bond acceptors (Lipinski definition) is 2. The molecule has 3 heteroatoms. The van der Waals surface area contributed by atoms with Crippen molar-refractivity contribution in [2.45, 2.75) is 32.5 Å². The fraction of sp³-hybridized carbons (Fsp3) is 0.462. The van der Waals surface area contributed by atoms with E-state index in [-0.39, 0.29) is 17.6 Å². The largest absolute Gasteiger partial charge is 0.322 e. The van der Waals surface area contributed by atoms with E-state index in [2.05, 4.69) is 26.1 Å². The van der Waals surface area contributed by atoms with Crippen molar-refractivity contribution < 1.29 is 4.79 Å². The minimum absolute atomic E-state index is 0.0105. The lowest BCUT2D eigenvalue weighted by Crippen LogP contribution is -2.44. The molecule has 0 fully saturated rings. The van der Waals surface area contributed by atoms with Crippen LogP contribution < -0.4 is 5.32 Å². The zero-order valence-electron chi connectivity index (χ0n) is 10.2. The van der Waals surface area contributed by atoms with Crippen molar-refractivity contribution in [1.82, 2.24) is 10.2 Å². The molecule has 0 radical (unpaired) electrons. The molecule has 1 N–H and O–H groups in total. The Hall–Kier alpha value is -1.35. The van der Waals surface area contributed by atoms with E-state index in [0.717, 1.165) is 11.1 Å². The molecule has 86 valence electrons. The second-order valence-electron chi connectivity index (χ2n) is 5.30. The molecule has 0 bridgehead atoms. The highest BCUT2D eigenvalue weighted by atomic mass is 16.2. The van der Waals surface area contributed by atoms with Crippen LogP contribution in [0.4, 0.5) is 0 Å². The van der Waals surface area contributed by atoms with E-state index in [1.165, 1.54) is 0 Å². The van der Waals surface area contributed by atoms with Crippen LogP contribution in [0.15, 0.2) is 24.3 Å². The maximum Gasteiger partial charge on any atom is 0.255 e. The van der Waals surface area contributed by atoms with Gasteiger partial charge in [0.1, 0.15) is 6.17 Å². The Morgan fingerprint density at radius 2 is 1.88 bits per heavy atom. The Balaban J connectivity index is 2.38. The molecule has 1 unspecified atom stereocenters. The lowest BCUT2D eigenvalue weighted by Gasteiger charge is -2.30. The predicted octanol–water partition coefficient (Wildman–Crippen LogP) is 2.16. The van der Waals surface area contributed by atoms with Crippen LogP contribution in [0.25, 0.3) is 0 Å². The Labute approximate surface area is 96.5 Å². The zero-order valence-corrected chi connectivity index (χ0v) is 10.2. The molecular formula is C13H18N2O. The Bertz CT molecular complexity index is 420. The summed E-state index contributed by atoms with van der Waals surface area (Å²) >= 11 is 0. The summed E-state index contributed by atoms with van der Waals surface area (Å²) in [5, 5.41) is 3.46. The molecule has 1 atom stereocenters. The molecule has 3 nitrogen and oxygen atoms in total. The summed E-state index contributed by atoms with van der Waals surface area (Å²) in [6.07, 6.45) is -0.0105. The first-order chi connectivity index (χ1) is 7.40. The van der Waals surface area contributed by atoms with Gasteiger partial charge in [0.05, 0.1) is 0 Å². The maximum atomic E-state index is 12.0. The van der Waals surface area contributed by atoms with Crippen molar-refractivity contribution in [2.24, 2.45) is 0 Å². The number of benzene rings is 1. The van der Waals surface area contributed by atoms with Crippen LogP contribution in [-0.2, 0) is 0 Å². The van der Waals surface area contributed by atoms with Crippen LogP contribution in [0.3, 0.4) is 0 Å². The van der Waals surface area contributed by atoms with E-state index in [1.807, 2.05) is 31.3 Å². The van der Waals surface area contributed by atoms with Gasteiger partial charge in [-0.15, -0.1) is 0 Å². The third-order valence-corrected chi connectivity index (χ3v) is 2.76. The molecule has 1 heterocycles. The maximum absolute atomic E-state index is 12.0. The number of amides is 1. The van der Waals surface area contributed by atoms with Gasteiger partial charge in [0, 0.05) is 23.7 Å². The number of rotatable bonds is 1. The first-order valence-electron chi connectivity index (χ1n) is 5.54. The monoisotopic (exact) mass is 218 g/mol. The van der Waals surface area contributed by atoms with Gasteiger partial charge in [-0.3, -0.25) is 10.1 Å². The second kappa shape index (κ2) is 3.59. The summed E-state index contributed by atoms with van der Waals surface area (Å²) in [4.78, 5) is 13.7.